The Morgan fingerprint density at radius 1 is 0.735 bits per heavy atom. The summed E-state index contributed by atoms with van der Waals surface area (Å²) >= 11 is 11.5. The zero-order chi connectivity index (χ0) is 24.0. The first-order valence-corrected chi connectivity index (χ1v) is 10.9. The third-order valence-corrected chi connectivity index (χ3v) is 5.60. The van der Waals surface area contributed by atoms with Gasteiger partial charge < -0.3 is 14.3 Å². The van der Waals surface area contributed by atoms with Gasteiger partial charge in [-0.3, -0.25) is 4.79 Å². The number of aliphatic hydroxyl groups excluding tert-OH is 1. The van der Waals surface area contributed by atoms with Gasteiger partial charge in [-0.2, -0.15) is 0 Å². The van der Waals surface area contributed by atoms with Crippen LogP contribution in [0.15, 0.2) is 57.7 Å². The van der Waals surface area contributed by atoms with Crippen molar-refractivity contribution in [2.45, 2.75) is 20.0 Å². The fraction of sp³-hybridized carbons (Fsp3) is 0.125. The van der Waals surface area contributed by atoms with Crippen LogP contribution in [0.25, 0.3) is 22.2 Å². The molecule has 0 aromatic carbocycles. The lowest BCUT2D eigenvalue weighted by molar-refractivity contribution is 0.198. The van der Waals surface area contributed by atoms with Gasteiger partial charge in [0.2, 0.25) is 28.6 Å². The van der Waals surface area contributed by atoms with Gasteiger partial charge in [0, 0.05) is 22.5 Å². The van der Waals surface area contributed by atoms with Crippen molar-refractivity contribution in [2.24, 2.45) is 0 Å². The summed E-state index contributed by atoms with van der Waals surface area (Å²) in [5.74, 6) is 0.704. The second-order valence-electron chi connectivity index (χ2n) is 7.60. The minimum absolute atomic E-state index is 0.141. The lowest BCUT2D eigenvalue weighted by atomic mass is 10.0. The van der Waals surface area contributed by atoms with Crippen molar-refractivity contribution in [3.8, 4) is 11.8 Å². The lowest BCUT2D eigenvalue weighted by Gasteiger charge is -2.22. The van der Waals surface area contributed by atoms with Crippen molar-refractivity contribution in [2.75, 3.05) is 0 Å². The predicted octanol–water partition coefficient (Wildman–Crippen LogP) is 5.32. The monoisotopic (exact) mass is 494 g/mol. The van der Waals surface area contributed by atoms with Gasteiger partial charge in [-0.15, -0.1) is 0 Å². The number of pyridine rings is 4. The largest absolute Gasteiger partial charge is 0.420 e. The maximum atomic E-state index is 12.1. The second kappa shape index (κ2) is 8.64. The van der Waals surface area contributed by atoms with Gasteiger partial charge >= 0.3 is 0 Å². The Labute approximate surface area is 202 Å². The molecule has 1 aliphatic rings. The highest BCUT2D eigenvalue weighted by Gasteiger charge is 2.27. The Bertz CT molecular complexity index is 1520. The fourth-order valence-corrected chi connectivity index (χ4v) is 3.78. The molecule has 34 heavy (non-hydrogen) atoms. The van der Waals surface area contributed by atoms with Gasteiger partial charge in [-0.05, 0) is 62.4 Å². The van der Waals surface area contributed by atoms with Crippen LogP contribution in [0.2, 0.25) is 10.3 Å². The van der Waals surface area contributed by atoms with Crippen LogP contribution in [0.3, 0.4) is 0 Å². The highest BCUT2D eigenvalue weighted by Crippen LogP contribution is 2.41. The van der Waals surface area contributed by atoms with E-state index in [1.165, 1.54) is 0 Å². The average molecular weight is 495 g/mol. The Kier molecular flexibility index (Phi) is 5.65. The number of hydrogen-bond donors (Lipinski definition) is 1. The molecule has 0 amide bonds. The van der Waals surface area contributed by atoms with E-state index in [4.69, 9.17) is 32.4 Å². The van der Waals surface area contributed by atoms with E-state index in [1.807, 2.05) is 19.9 Å². The van der Waals surface area contributed by atoms with Crippen LogP contribution in [-0.4, -0.2) is 25.0 Å². The molecule has 0 bridgehead atoms. The fourth-order valence-electron chi connectivity index (χ4n) is 3.50. The van der Waals surface area contributed by atoms with Gasteiger partial charge in [0.1, 0.15) is 16.4 Å². The number of aryl methyl sites for hydroxylation is 2. The second-order valence-corrected chi connectivity index (χ2v) is 8.38. The quantitative estimate of drug-likeness (QED) is 0.227. The number of nitrogens with zero attached hydrogens (tertiary/aromatic N) is 4. The van der Waals surface area contributed by atoms with Gasteiger partial charge in [0.15, 0.2) is 0 Å². The molecule has 1 aliphatic heterocycles. The molecule has 0 spiro atoms. The molecule has 8 nitrogen and oxygen atoms in total. The number of aromatic nitrogens is 4. The van der Waals surface area contributed by atoms with E-state index in [-0.39, 0.29) is 22.0 Å². The molecule has 0 aliphatic carbocycles. The maximum Gasteiger partial charge on any atom is 0.234 e. The Balaban J connectivity index is 0.000000142. The standard InChI is InChI=1S/C12H9ClN2O2.C12H7ClN2O2/c2*1-6-2-3-7-10(16)8-4-5-9(13)15-12(8)17-11(7)14-6/h2-5,10,16H,1H3;2-5H,1H3. The number of aliphatic hydroxyl groups is 1. The Morgan fingerprint density at radius 3 is 2.03 bits per heavy atom. The van der Waals surface area contributed by atoms with Crippen molar-refractivity contribution in [1.29, 1.82) is 0 Å². The number of fused-ring (bicyclic) bond motifs is 4. The summed E-state index contributed by atoms with van der Waals surface area (Å²) in [7, 11) is 0. The first kappa shape index (κ1) is 22.2. The van der Waals surface area contributed by atoms with E-state index >= 15 is 0 Å². The summed E-state index contributed by atoms with van der Waals surface area (Å²) in [6, 6.07) is 13.6. The molecule has 6 heterocycles. The number of halogens is 2. The number of hydrogen-bond acceptors (Lipinski definition) is 8. The highest BCUT2D eigenvalue weighted by atomic mass is 35.5. The molecular formula is C24H16Cl2N4O4. The zero-order valence-corrected chi connectivity index (χ0v) is 19.4. The first-order valence-electron chi connectivity index (χ1n) is 10.2. The van der Waals surface area contributed by atoms with Crippen LogP contribution in [0.5, 0.6) is 11.8 Å². The highest BCUT2D eigenvalue weighted by molar-refractivity contribution is 6.29. The van der Waals surface area contributed by atoms with Crippen LogP contribution in [0, 0.1) is 13.8 Å². The van der Waals surface area contributed by atoms with Crippen molar-refractivity contribution >= 4 is 45.4 Å². The minimum Gasteiger partial charge on any atom is -0.420 e. The summed E-state index contributed by atoms with van der Waals surface area (Å²) < 4.78 is 11.0. The summed E-state index contributed by atoms with van der Waals surface area (Å²) in [4.78, 5) is 28.5. The molecule has 1 atom stereocenters. The van der Waals surface area contributed by atoms with Gasteiger partial charge in [-0.25, -0.2) is 19.9 Å². The first-order chi connectivity index (χ1) is 16.3. The van der Waals surface area contributed by atoms with Crippen molar-refractivity contribution < 1.29 is 14.3 Å². The SMILES string of the molecule is Cc1ccc2c(=O)c3ccc(Cl)nc3oc2n1.Cc1ccc2c(n1)Oc1nc(Cl)ccc1C2O. The molecule has 170 valence electrons. The molecule has 10 heteroatoms. The molecule has 0 saturated heterocycles. The van der Waals surface area contributed by atoms with Crippen LogP contribution >= 0.6 is 23.2 Å². The van der Waals surface area contributed by atoms with Gasteiger partial charge in [0.05, 0.1) is 10.8 Å². The van der Waals surface area contributed by atoms with Gasteiger partial charge in [-0.1, -0.05) is 23.2 Å². The van der Waals surface area contributed by atoms with Crippen molar-refractivity contribution in [3.05, 3.63) is 91.6 Å². The minimum atomic E-state index is -0.772. The van der Waals surface area contributed by atoms with Crippen molar-refractivity contribution in [3.63, 3.8) is 0 Å². The third kappa shape index (κ3) is 4.07. The normalized spacial score (nSPS) is 14.1. The Morgan fingerprint density at radius 2 is 1.26 bits per heavy atom. The topological polar surface area (TPSA) is 111 Å². The van der Waals surface area contributed by atoms with E-state index in [1.54, 1.807) is 42.5 Å². The van der Waals surface area contributed by atoms with Crippen LogP contribution in [0.1, 0.15) is 28.6 Å². The summed E-state index contributed by atoms with van der Waals surface area (Å²) in [5, 5.41) is 11.7. The molecule has 0 radical (unpaired) electrons. The van der Waals surface area contributed by atoms with E-state index in [0.717, 1.165) is 11.4 Å². The summed E-state index contributed by atoms with van der Waals surface area (Å²) in [6.45, 7) is 3.69. The summed E-state index contributed by atoms with van der Waals surface area (Å²) in [6.07, 6.45) is -0.772. The molecule has 0 saturated carbocycles. The van der Waals surface area contributed by atoms with Crippen LogP contribution in [0.4, 0.5) is 0 Å². The summed E-state index contributed by atoms with van der Waals surface area (Å²) in [5.41, 5.74) is 3.21. The molecule has 5 aromatic heterocycles. The third-order valence-electron chi connectivity index (χ3n) is 5.18. The number of rotatable bonds is 0. The smallest absolute Gasteiger partial charge is 0.234 e. The Hall–Kier alpha value is -3.59. The van der Waals surface area contributed by atoms with Crippen molar-refractivity contribution in [1.82, 2.24) is 19.9 Å². The van der Waals surface area contributed by atoms with E-state index in [9.17, 15) is 9.90 Å². The van der Waals surface area contributed by atoms with E-state index in [0.29, 0.717) is 38.8 Å². The average Bonchev–Trinajstić information content (AvgIpc) is 2.79. The molecular weight excluding hydrogens is 479 g/mol. The molecule has 1 N–H and O–H groups in total. The van der Waals surface area contributed by atoms with E-state index < -0.39 is 6.10 Å². The molecule has 1 unspecified atom stereocenters. The number of ether oxygens (including phenoxy) is 1. The lowest BCUT2D eigenvalue weighted by Crippen LogP contribution is -2.12. The molecule has 0 fully saturated rings. The van der Waals surface area contributed by atoms with E-state index in [2.05, 4.69) is 19.9 Å². The molecule has 6 rings (SSSR count). The predicted molar refractivity (Wildman–Crippen MR) is 128 cm³/mol. The van der Waals surface area contributed by atoms with Crippen LogP contribution < -0.4 is 10.2 Å². The van der Waals surface area contributed by atoms with Crippen LogP contribution in [-0.2, 0) is 0 Å². The van der Waals surface area contributed by atoms with Gasteiger partial charge in [0.25, 0.3) is 0 Å². The molecule has 5 aromatic rings. The maximum absolute atomic E-state index is 12.1. The zero-order valence-electron chi connectivity index (χ0n) is 17.9.